The molecule has 0 atom stereocenters. The lowest BCUT2D eigenvalue weighted by Gasteiger charge is -2.08. The monoisotopic (exact) mass is 447 g/mol. The molecule has 0 saturated carbocycles. The van der Waals surface area contributed by atoms with Crippen LogP contribution < -0.4 is 10.1 Å². The van der Waals surface area contributed by atoms with E-state index in [0.29, 0.717) is 18.0 Å². The highest BCUT2D eigenvalue weighted by Crippen LogP contribution is 2.22. The van der Waals surface area contributed by atoms with Crippen molar-refractivity contribution in [3.63, 3.8) is 0 Å². The zero-order valence-corrected chi connectivity index (χ0v) is 18.0. The summed E-state index contributed by atoms with van der Waals surface area (Å²) in [5.74, 6) is 0.781. The topological polar surface area (TPSA) is 56.2 Å². The van der Waals surface area contributed by atoms with Crippen molar-refractivity contribution in [1.29, 1.82) is 0 Å². The summed E-state index contributed by atoms with van der Waals surface area (Å²) < 4.78 is 8.66. The van der Waals surface area contributed by atoms with Crippen LogP contribution >= 0.6 is 27.3 Å². The van der Waals surface area contributed by atoms with Crippen molar-refractivity contribution in [2.75, 3.05) is 0 Å². The van der Waals surface area contributed by atoms with Crippen molar-refractivity contribution in [2.45, 2.75) is 40.5 Å². The number of thiophene rings is 1. The highest BCUT2D eigenvalue weighted by molar-refractivity contribution is 9.10. The standard InChI is InChI=1S/C20H22BrN3O2S/c1-4-24-17(16(21)9-23-24)10-22-20(25)19-8-15(12-27-19)11-26-18-6-5-13(2)7-14(18)3/h5-9,12H,4,10-11H2,1-3H3,(H,22,25). The molecule has 0 spiro atoms. The van der Waals surface area contributed by atoms with E-state index in [-0.39, 0.29) is 5.91 Å². The maximum atomic E-state index is 12.4. The van der Waals surface area contributed by atoms with Gasteiger partial charge in [-0.3, -0.25) is 9.48 Å². The fourth-order valence-electron chi connectivity index (χ4n) is 2.78. The first-order valence-corrected chi connectivity index (χ1v) is 10.4. The maximum Gasteiger partial charge on any atom is 0.261 e. The first-order valence-electron chi connectivity index (χ1n) is 8.73. The minimum Gasteiger partial charge on any atom is -0.489 e. The van der Waals surface area contributed by atoms with E-state index in [1.54, 1.807) is 6.20 Å². The van der Waals surface area contributed by atoms with E-state index >= 15 is 0 Å². The van der Waals surface area contributed by atoms with Crippen LogP contribution in [0.5, 0.6) is 5.75 Å². The van der Waals surface area contributed by atoms with E-state index in [1.807, 2.05) is 42.1 Å². The van der Waals surface area contributed by atoms with Crippen LogP contribution in [0, 0.1) is 13.8 Å². The van der Waals surface area contributed by atoms with E-state index < -0.39 is 0 Å². The number of amides is 1. The Kier molecular flexibility index (Phi) is 6.34. The summed E-state index contributed by atoms with van der Waals surface area (Å²) in [6, 6.07) is 8.00. The SMILES string of the molecule is CCn1ncc(Br)c1CNC(=O)c1cc(COc2ccc(C)cc2C)cs1. The normalized spacial score (nSPS) is 10.8. The van der Waals surface area contributed by atoms with Crippen LogP contribution in [0.1, 0.15) is 39.0 Å². The predicted octanol–water partition coefficient (Wildman–Crippen LogP) is 4.85. The number of carbonyl (C=O) groups is 1. The zero-order chi connectivity index (χ0) is 19.4. The fraction of sp³-hybridized carbons (Fsp3) is 0.300. The van der Waals surface area contributed by atoms with Crippen molar-refractivity contribution in [3.05, 3.63) is 67.6 Å². The number of rotatable bonds is 7. The van der Waals surface area contributed by atoms with Crippen molar-refractivity contribution >= 4 is 33.2 Å². The Balaban J connectivity index is 1.58. The summed E-state index contributed by atoms with van der Waals surface area (Å²) in [6.07, 6.45) is 1.75. The van der Waals surface area contributed by atoms with Gasteiger partial charge in [0.15, 0.2) is 0 Å². The average molecular weight is 448 g/mol. The van der Waals surface area contributed by atoms with Gasteiger partial charge in [0.05, 0.1) is 27.8 Å². The second-order valence-electron chi connectivity index (χ2n) is 6.31. The van der Waals surface area contributed by atoms with Gasteiger partial charge in [0.2, 0.25) is 0 Å². The van der Waals surface area contributed by atoms with E-state index in [1.165, 1.54) is 16.9 Å². The molecule has 1 N–H and O–H groups in total. The molecular formula is C20H22BrN3O2S. The fourth-order valence-corrected chi connectivity index (χ4v) is 4.03. The van der Waals surface area contributed by atoms with Crippen LogP contribution in [0.3, 0.4) is 0 Å². The molecule has 0 aliphatic carbocycles. The van der Waals surface area contributed by atoms with Gasteiger partial charge in [0, 0.05) is 12.1 Å². The number of ether oxygens (including phenoxy) is 1. The van der Waals surface area contributed by atoms with Gasteiger partial charge in [-0.05, 0) is 59.8 Å². The van der Waals surface area contributed by atoms with E-state index in [4.69, 9.17) is 4.74 Å². The summed E-state index contributed by atoms with van der Waals surface area (Å²) >= 11 is 4.90. The summed E-state index contributed by atoms with van der Waals surface area (Å²) in [7, 11) is 0. The number of nitrogens with zero attached hydrogens (tertiary/aromatic N) is 2. The zero-order valence-electron chi connectivity index (χ0n) is 15.6. The Morgan fingerprint density at radius 1 is 1.33 bits per heavy atom. The van der Waals surface area contributed by atoms with Gasteiger partial charge in [-0.1, -0.05) is 17.7 Å². The molecule has 5 nitrogen and oxygen atoms in total. The molecule has 2 aromatic heterocycles. The molecule has 0 aliphatic heterocycles. The first-order chi connectivity index (χ1) is 13.0. The van der Waals surface area contributed by atoms with Crippen molar-refractivity contribution in [3.8, 4) is 5.75 Å². The lowest BCUT2D eigenvalue weighted by atomic mass is 10.1. The smallest absolute Gasteiger partial charge is 0.261 e. The molecule has 142 valence electrons. The summed E-state index contributed by atoms with van der Waals surface area (Å²) in [5, 5.41) is 9.18. The summed E-state index contributed by atoms with van der Waals surface area (Å²) in [4.78, 5) is 13.1. The summed E-state index contributed by atoms with van der Waals surface area (Å²) in [6.45, 7) is 7.75. The minimum atomic E-state index is -0.0893. The molecule has 1 amide bonds. The number of halogens is 1. The van der Waals surface area contributed by atoms with Crippen molar-refractivity contribution < 1.29 is 9.53 Å². The Labute approximate surface area is 171 Å². The Morgan fingerprint density at radius 3 is 2.89 bits per heavy atom. The molecule has 0 unspecified atom stereocenters. The largest absolute Gasteiger partial charge is 0.489 e. The second kappa shape index (κ2) is 8.71. The number of benzene rings is 1. The maximum absolute atomic E-state index is 12.4. The molecular weight excluding hydrogens is 426 g/mol. The molecule has 0 saturated heterocycles. The van der Waals surface area contributed by atoms with E-state index in [0.717, 1.165) is 33.6 Å². The third-order valence-electron chi connectivity index (χ3n) is 4.22. The number of carbonyl (C=O) groups excluding carboxylic acids is 1. The van der Waals surface area contributed by atoms with Gasteiger partial charge in [-0.25, -0.2) is 0 Å². The predicted molar refractivity (Wildman–Crippen MR) is 111 cm³/mol. The molecule has 2 heterocycles. The van der Waals surface area contributed by atoms with E-state index in [2.05, 4.69) is 39.3 Å². The molecule has 27 heavy (non-hydrogen) atoms. The molecule has 3 aromatic rings. The Bertz CT molecular complexity index is 949. The average Bonchev–Trinajstić information content (AvgIpc) is 3.25. The number of aryl methyl sites for hydroxylation is 3. The molecule has 0 aliphatic rings. The van der Waals surface area contributed by atoms with Crippen LogP contribution in [0.2, 0.25) is 0 Å². The number of hydrogen-bond acceptors (Lipinski definition) is 4. The Hall–Kier alpha value is -2.12. The number of aromatic nitrogens is 2. The quantitative estimate of drug-likeness (QED) is 0.562. The highest BCUT2D eigenvalue weighted by Gasteiger charge is 2.13. The molecule has 1 aromatic carbocycles. The second-order valence-corrected chi connectivity index (χ2v) is 8.08. The third kappa shape index (κ3) is 4.78. The third-order valence-corrected chi connectivity index (χ3v) is 5.86. The van der Waals surface area contributed by atoms with Crippen LogP contribution in [-0.2, 0) is 19.7 Å². The minimum absolute atomic E-state index is 0.0893. The van der Waals surface area contributed by atoms with Crippen LogP contribution in [0.25, 0.3) is 0 Å². The molecule has 7 heteroatoms. The number of nitrogens with one attached hydrogen (secondary N) is 1. The molecule has 0 radical (unpaired) electrons. The lowest BCUT2D eigenvalue weighted by molar-refractivity contribution is 0.0954. The van der Waals surface area contributed by atoms with Crippen LogP contribution in [0.15, 0.2) is 40.3 Å². The van der Waals surface area contributed by atoms with Crippen LogP contribution in [-0.4, -0.2) is 15.7 Å². The van der Waals surface area contributed by atoms with E-state index in [9.17, 15) is 4.79 Å². The van der Waals surface area contributed by atoms with Crippen molar-refractivity contribution in [2.24, 2.45) is 0 Å². The highest BCUT2D eigenvalue weighted by atomic mass is 79.9. The Morgan fingerprint density at radius 2 is 2.15 bits per heavy atom. The molecule has 0 bridgehead atoms. The van der Waals surface area contributed by atoms with Gasteiger partial charge in [-0.2, -0.15) is 5.10 Å². The van der Waals surface area contributed by atoms with Crippen molar-refractivity contribution in [1.82, 2.24) is 15.1 Å². The van der Waals surface area contributed by atoms with Gasteiger partial charge < -0.3 is 10.1 Å². The van der Waals surface area contributed by atoms with Crippen LogP contribution in [0.4, 0.5) is 0 Å². The first kappa shape index (κ1) is 19.6. The van der Waals surface area contributed by atoms with Gasteiger partial charge in [0.25, 0.3) is 5.91 Å². The molecule has 0 fully saturated rings. The van der Waals surface area contributed by atoms with Gasteiger partial charge >= 0.3 is 0 Å². The summed E-state index contributed by atoms with van der Waals surface area (Å²) in [5.41, 5.74) is 4.28. The molecule has 3 rings (SSSR count). The number of hydrogen-bond donors (Lipinski definition) is 1. The van der Waals surface area contributed by atoms with Gasteiger partial charge in [0.1, 0.15) is 12.4 Å². The lowest BCUT2D eigenvalue weighted by Crippen LogP contribution is -2.23. The van der Waals surface area contributed by atoms with Gasteiger partial charge in [-0.15, -0.1) is 11.3 Å².